The lowest BCUT2D eigenvalue weighted by Gasteiger charge is -2.12. The number of carboxylic acids is 1. The average Bonchev–Trinajstić information content (AvgIpc) is 2.43. The van der Waals surface area contributed by atoms with Crippen LogP contribution in [0.25, 0.3) is 11.3 Å². The first-order chi connectivity index (χ1) is 10.1. The number of benzene rings is 1. The number of halogens is 6. The first kappa shape index (κ1) is 16.9. The third-order valence-electron chi connectivity index (χ3n) is 2.74. The van der Waals surface area contributed by atoms with Gasteiger partial charge in [-0.15, -0.1) is 0 Å². The highest BCUT2D eigenvalue weighted by molar-refractivity contribution is 6.49. The van der Waals surface area contributed by atoms with E-state index in [4.69, 9.17) is 39.9 Å². The molecule has 2 aromatic rings. The summed E-state index contributed by atoms with van der Waals surface area (Å²) >= 11 is 17.6. The topological polar surface area (TPSA) is 50.2 Å². The van der Waals surface area contributed by atoms with Gasteiger partial charge >= 0.3 is 12.1 Å². The SMILES string of the molecule is O=C(O)c1cc(C(F)(F)F)cnc1-c1ccc(Cl)c(Cl)c1Cl. The van der Waals surface area contributed by atoms with Crippen molar-refractivity contribution < 1.29 is 23.1 Å². The van der Waals surface area contributed by atoms with Gasteiger partial charge in [0.15, 0.2) is 0 Å². The molecule has 1 N–H and O–H groups in total. The second-order valence-electron chi connectivity index (χ2n) is 4.15. The Morgan fingerprint density at radius 3 is 2.32 bits per heavy atom. The molecule has 0 aliphatic rings. The summed E-state index contributed by atoms with van der Waals surface area (Å²) in [4.78, 5) is 14.8. The maximum atomic E-state index is 12.7. The Kier molecular flexibility index (Phi) is 4.56. The Morgan fingerprint density at radius 1 is 1.14 bits per heavy atom. The molecule has 0 atom stereocenters. The maximum absolute atomic E-state index is 12.7. The monoisotopic (exact) mass is 369 g/mol. The zero-order valence-electron chi connectivity index (χ0n) is 10.4. The molecule has 22 heavy (non-hydrogen) atoms. The fraction of sp³-hybridized carbons (Fsp3) is 0.0769. The molecule has 1 heterocycles. The summed E-state index contributed by atoms with van der Waals surface area (Å²) in [7, 11) is 0. The molecule has 0 spiro atoms. The quantitative estimate of drug-likeness (QED) is 0.718. The zero-order valence-corrected chi connectivity index (χ0v) is 12.6. The van der Waals surface area contributed by atoms with E-state index < -0.39 is 23.3 Å². The Morgan fingerprint density at radius 2 is 1.77 bits per heavy atom. The number of aromatic carboxylic acids is 1. The highest BCUT2D eigenvalue weighted by atomic mass is 35.5. The van der Waals surface area contributed by atoms with Gasteiger partial charge in [0.25, 0.3) is 0 Å². The number of rotatable bonds is 2. The molecule has 9 heteroatoms. The third kappa shape index (κ3) is 3.14. The van der Waals surface area contributed by atoms with Crippen molar-refractivity contribution in [3.05, 3.63) is 50.6 Å². The van der Waals surface area contributed by atoms with Gasteiger partial charge in [0.2, 0.25) is 0 Å². The summed E-state index contributed by atoms with van der Waals surface area (Å²) in [6.07, 6.45) is -4.18. The summed E-state index contributed by atoms with van der Waals surface area (Å²) in [6.45, 7) is 0. The van der Waals surface area contributed by atoms with E-state index in [1.165, 1.54) is 12.1 Å². The third-order valence-corrected chi connectivity index (χ3v) is 4.03. The Bertz CT molecular complexity index is 763. The number of aromatic nitrogens is 1. The average molecular weight is 371 g/mol. The fourth-order valence-electron chi connectivity index (χ4n) is 1.71. The molecule has 0 bridgehead atoms. The van der Waals surface area contributed by atoms with Gasteiger partial charge in [0.1, 0.15) is 0 Å². The normalized spacial score (nSPS) is 11.5. The van der Waals surface area contributed by atoms with Crippen LogP contribution in [0.1, 0.15) is 15.9 Å². The smallest absolute Gasteiger partial charge is 0.417 e. The molecular weight excluding hydrogens is 366 g/mol. The van der Waals surface area contributed by atoms with Gasteiger partial charge in [-0.25, -0.2) is 4.79 Å². The number of alkyl halides is 3. The number of carbonyl (C=O) groups is 1. The van der Waals surface area contributed by atoms with E-state index in [1.807, 2.05) is 0 Å². The van der Waals surface area contributed by atoms with Crippen molar-refractivity contribution in [1.29, 1.82) is 0 Å². The molecule has 0 saturated heterocycles. The molecule has 1 aromatic heterocycles. The van der Waals surface area contributed by atoms with Crippen LogP contribution in [0, 0.1) is 0 Å². The Labute approximate surface area is 137 Å². The number of carboxylic acid groups (broad SMARTS) is 1. The summed E-state index contributed by atoms with van der Waals surface area (Å²) in [6, 6.07) is 3.16. The molecule has 116 valence electrons. The van der Waals surface area contributed by atoms with Crippen LogP contribution in [0.4, 0.5) is 13.2 Å². The predicted molar refractivity (Wildman–Crippen MR) is 76.7 cm³/mol. The molecule has 1 aromatic carbocycles. The Hall–Kier alpha value is -1.50. The molecule has 0 unspecified atom stereocenters. The fourth-order valence-corrected chi connectivity index (χ4v) is 2.33. The molecular formula is C13H5Cl3F3NO2. The molecule has 2 rings (SSSR count). The summed E-state index contributed by atoms with van der Waals surface area (Å²) < 4.78 is 38.0. The molecule has 0 fully saturated rings. The van der Waals surface area contributed by atoms with Crippen molar-refractivity contribution in [3.63, 3.8) is 0 Å². The van der Waals surface area contributed by atoms with Crippen LogP contribution < -0.4 is 0 Å². The standard InChI is InChI=1S/C13H5Cl3F3NO2/c14-8-2-1-6(9(15)10(8)16)11-7(12(21)22)3-5(4-20-11)13(17,18)19/h1-4H,(H,21,22). The van der Waals surface area contributed by atoms with E-state index in [9.17, 15) is 18.0 Å². The van der Waals surface area contributed by atoms with Gasteiger partial charge in [0, 0.05) is 11.8 Å². The molecule has 0 amide bonds. The summed E-state index contributed by atoms with van der Waals surface area (Å²) in [5.74, 6) is -1.57. The summed E-state index contributed by atoms with van der Waals surface area (Å²) in [5, 5.41) is 9.11. The number of hydrogen-bond acceptors (Lipinski definition) is 2. The molecule has 3 nitrogen and oxygen atoms in total. The van der Waals surface area contributed by atoms with Crippen LogP contribution in [0.15, 0.2) is 24.4 Å². The van der Waals surface area contributed by atoms with E-state index in [2.05, 4.69) is 4.98 Å². The van der Waals surface area contributed by atoms with Crippen LogP contribution in [-0.2, 0) is 6.18 Å². The number of hydrogen-bond donors (Lipinski definition) is 1. The van der Waals surface area contributed by atoms with E-state index in [0.717, 1.165) is 0 Å². The lowest BCUT2D eigenvalue weighted by atomic mass is 10.0. The second kappa shape index (κ2) is 5.95. The maximum Gasteiger partial charge on any atom is 0.417 e. The van der Waals surface area contributed by atoms with E-state index >= 15 is 0 Å². The molecule has 0 aliphatic heterocycles. The van der Waals surface area contributed by atoms with Crippen molar-refractivity contribution in [2.75, 3.05) is 0 Å². The van der Waals surface area contributed by atoms with Gasteiger partial charge in [-0.3, -0.25) is 4.98 Å². The van der Waals surface area contributed by atoms with Crippen LogP contribution in [0.5, 0.6) is 0 Å². The first-order valence-corrected chi connectivity index (χ1v) is 6.70. The van der Waals surface area contributed by atoms with Crippen molar-refractivity contribution in [1.82, 2.24) is 4.98 Å². The minimum atomic E-state index is -4.71. The van der Waals surface area contributed by atoms with Crippen molar-refractivity contribution >= 4 is 40.8 Å². The van der Waals surface area contributed by atoms with Crippen LogP contribution in [0.2, 0.25) is 15.1 Å². The molecule has 0 saturated carbocycles. The van der Waals surface area contributed by atoms with E-state index in [0.29, 0.717) is 12.3 Å². The van der Waals surface area contributed by atoms with Crippen molar-refractivity contribution in [2.24, 2.45) is 0 Å². The summed E-state index contributed by atoms with van der Waals surface area (Å²) in [5.41, 5.74) is -1.98. The van der Waals surface area contributed by atoms with Crippen LogP contribution >= 0.6 is 34.8 Å². The molecule has 0 radical (unpaired) electrons. The minimum Gasteiger partial charge on any atom is -0.478 e. The Balaban J connectivity index is 2.71. The van der Waals surface area contributed by atoms with Crippen molar-refractivity contribution in [2.45, 2.75) is 6.18 Å². The first-order valence-electron chi connectivity index (χ1n) is 5.57. The molecule has 0 aliphatic carbocycles. The van der Waals surface area contributed by atoms with Gasteiger partial charge in [-0.1, -0.05) is 34.8 Å². The van der Waals surface area contributed by atoms with E-state index in [1.54, 1.807) is 0 Å². The van der Waals surface area contributed by atoms with Gasteiger partial charge in [0.05, 0.1) is 31.9 Å². The largest absolute Gasteiger partial charge is 0.478 e. The van der Waals surface area contributed by atoms with Gasteiger partial charge in [-0.05, 0) is 18.2 Å². The lowest BCUT2D eigenvalue weighted by Crippen LogP contribution is -2.10. The van der Waals surface area contributed by atoms with Crippen molar-refractivity contribution in [3.8, 4) is 11.3 Å². The lowest BCUT2D eigenvalue weighted by molar-refractivity contribution is -0.137. The highest BCUT2D eigenvalue weighted by Gasteiger charge is 2.33. The zero-order chi connectivity index (χ0) is 16.7. The van der Waals surface area contributed by atoms with Crippen LogP contribution in [-0.4, -0.2) is 16.1 Å². The predicted octanol–water partition coefficient (Wildman–Crippen LogP) is 5.43. The second-order valence-corrected chi connectivity index (χ2v) is 5.31. The highest BCUT2D eigenvalue weighted by Crippen LogP contribution is 2.39. The minimum absolute atomic E-state index is 0.0427. The van der Waals surface area contributed by atoms with Crippen LogP contribution in [0.3, 0.4) is 0 Å². The van der Waals surface area contributed by atoms with Gasteiger partial charge in [-0.2, -0.15) is 13.2 Å². The number of pyridine rings is 1. The van der Waals surface area contributed by atoms with E-state index in [-0.39, 0.29) is 26.3 Å². The van der Waals surface area contributed by atoms with Gasteiger partial charge < -0.3 is 5.11 Å². The number of nitrogens with zero attached hydrogens (tertiary/aromatic N) is 1.